The lowest BCUT2D eigenvalue weighted by Gasteiger charge is -2.33. The Hall–Kier alpha value is -3.32. The summed E-state index contributed by atoms with van der Waals surface area (Å²) in [5.74, 6) is 0.194. The van der Waals surface area contributed by atoms with Crippen LogP contribution in [0.1, 0.15) is 11.1 Å². The molecule has 7 heteroatoms. The second-order valence-electron chi connectivity index (χ2n) is 7.48. The number of rotatable bonds is 3. The summed E-state index contributed by atoms with van der Waals surface area (Å²) in [5.41, 5.74) is 3.10. The van der Waals surface area contributed by atoms with Crippen molar-refractivity contribution in [3.8, 4) is 0 Å². The largest absolute Gasteiger partial charge is 0.323 e. The van der Waals surface area contributed by atoms with Gasteiger partial charge in [-0.05, 0) is 35.9 Å². The monoisotopic (exact) mass is 433 g/mol. The van der Waals surface area contributed by atoms with Crippen LogP contribution in [0.15, 0.2) is 78.9 Å². The number of halogens is 1. The smallest absolute Gasteiger partial charge is 0.308 e. The Balaban J connectivity index is 1.51. The van der Waals surface area contributed by atoms with Gasteiger partial charge in [0.1, 0.15) is 5.82 Å². The highest BCUT2D eigenvalue weighted by molar-refractivity contribution is 8.01. The van der Waals surface area contributed by atoms with Crippen LogP contribution in [0.5, 0.6) is 0 Å². The highest BCUT2D eigenvalue weighted by atomic mass is 32.2. The molecule has 5 nitrogen and oxygen atoms in total. The van der Waals surface area contributed by atoms with Crippen LogP contribution in [0.2, 0.25) is 0 Å². The Kier molecular flexibility index (Phi) is 4.90. The van der Waals surface area contributed by atoms with Gasteiger partial charge in [0.2, 0.25) is 0 Å². The maximum absolute atomic E-state index is 13.8. The molecule has 156 valence electrons. The molecule has 0 aromatic heterocycles. The van der Waals surface area contributed by atoms with Crippen molar-refractivity contribution in [3.63, 3.8) is 0 Å². The fourth-order valence-corrected chi connectivity index (χ4v) is 5.67. The summed E-state index contributed by atoms with van der Waals surface area (Å²) in [5, 5.41) is 2.92. The van der Waals surface area contributed by atoms with Gasteiger partial charge in [-0.15, -0.1) is 11.8 Å². The molecule has 2 aliphatic heterocycles. The van der Waals surface area contributed by atoms with Crippen molar-refractivity contribution in [2.45, 2.75) is 11.4 Å². The van der Waals surface area contributed by atoms with Crippen LogP contribution in [0.25, 0.3) is 0 Å². The summed E-state index contributed by atoms with van der Waals surface area (Å²) in [6, 6.07) is 22.6. The Labute approximate surface area is 183 Å². The van der Waals surface area contributed by atoms with E-state index in [1.54, 1.807) is 21.9 Å². The van der Waals surface area contributed by atoms with Gasteiger partial charge in [-0.3, -0.25) is 9.69 Å². The third-order valence-electron chi connectivity index (χ3n) is 5.63. The van der Waals surface area contributed by atoms with E-state index in [0.29, 0.717) is 24.5 Å². The van der Waals surface area contributed by atoms with E-state index in [0.717, 1.165) is 16.8 Å². The summed E-state index contributed by atoms with van der Waals surface area (Å²) in [6.45, 7) is 0.778. The van der Waals surface area contributed by atoms with E-state index >= 15 is 0 Å². The number of carbonyl (C=O) groups excluding carboxylic acids is 2. The van der Waals surface area contributed by atoms with Gasteiger partial charge in [0.15, 0.2) is 4.87 Å². The second kappa shape index (κ2) is 7.74. The van der Waals surface area contributed by atoms with Gasteiger partial charge in [0.25, 0.3) is 5.91 Å². The molecule has 3 amide bonds. The number of urea groups is 1. The van der Waals surface area contributed by atoms with E-state index in [4.69, 9.17) is 0 Å². The molecule has 0 bridgehead atoms. The van der Waals surface area contributed by atoms with Crippen LogP contribution in [0, 0.1) is 5.82 Å². The number of benzene rings is 3. The maximum Gasteiger partial charge on any atom is 0.323 e. The molecule has 31 heavy (non-hydrogen) atoms. The van der Waals surface area contributed by atoms with Crippen LogP contribution in [0.3, 0.4) is 0 Å². The molecule has 0 aliphatic carbocycles. The average Bonchev–Trinajstić information content (AvgIpc) is 3.33. The number of para-hydroxylation sites is 2. The summed E-state index contributed by atoms with van der Waals surface area (Å²) in [4.78, 5) is 29.3. The van der Waals surface area contributed by atoms with Crippen molar-refractivity contribution in [1.82, 2.24) is 4.90 Å². The van der Waals surface area contributed by atoms with Crippen molar-refractivity contribution in [1.29, 1.82) is 0 Å². The number of hydrogen-bond donors (Lipinski definition) is 1. The molecule has 0 saturated carbocycles. The van der Waals surface area contributed by atoms with E-state index < -0.39 is 4.87 Å². The van der Waals surface area contributed by atoms with Crippen LogP contribution in [0.4, 0.5) is 20.6 Å². The molecular weight excluding hydrogens is 413 g/mol. The van der Waals surface area contributed by atoms with Gasteiger partial charge >= 0.3 is 6.03 Å². The average molecular weight is 434 g/mol. The Bertz CT molecular complexity index is 1140. The number of nitrogens with one attached hydrogen (secondary N) is 1. The Morgan fingerprint density at radius 3 is 2.48 bits per heavy atom. The van der Waals surface area contributed by atoms with Crippen LogP contribution in [-0.4, -0.2) is 29.1 Å². The molecule has 1 fully saturated rings. The summed E-state index contributed by atoms with van der Waals surface area (Å²) in [6.07, 6.45) is 0. The Morgan fingerprint density at radius 2 is 1.71 bits per heavy atom. The number of hydrogen-bond acceptors (Lipinski definition) is 3. The van der Waals surface area contributed by atoms with Gasteiger partial charge < -0.3 is 10.2 Å². The SMILES string of the molecule is O=C(Nc1ccccc1)N1CCS[C@@]12C(=O)N(Cc1ccc(F)cc1)c1ccccc12. The molecule has 1 N–H and O–H groups in total. The van der Waals surface area contributed by atoms with E-state index in [1.165, 1.54) is 23.9 Å². The van der Waals surface area contributed by atoms with E-state index in [2.05, 4.69) is 5.32 Å². The number of amides is 3. The van der Waals surface area contributed by atoms with Gasteiger partial charge in [0, 0.05) is 23.5 Å². The minimum Gasteiger partial charge on any atom is -0.308 e. The maximum atomic E-state index is 13.8. The third kappa shape index (κ3) is 3.25. The summed E-state index contributed by atoms with van der Waals surface area (Å²) in [7, 11) is 0. The second-order valence-corrected chi connectivity index (χ2v) is 8.76. The zero-order valence-electron chi connectivity index (χ0n) is 16.6. The number of nitrogens with zero attached hydrogens (tertiary/aromatic N) is 2. The lowest BCUT2D eigenvalue weighted by atomic mass is 10.1. The van der Waals surface area contributed by atoms with Crippen molar-refractivity contribution in [2.24, 2.45) is 0 Å². The first-order valence-corrected chi connectivity index (χ1v) is 11.0. The zero-order valence-corrected chi connectivity index (χ0v) is 17.4. The first-order valence-electron chi connectivity index (χ1n) is 10.0. The minimum atomic E-state index is -1.10. The van der Waals surface area contributed by atoms with E-state index in [1.807, 2.05) is 54.6 Å². The van der Waals surface area contributed by atoms with Gasteiger partial charge in [-0.1, -0.05) is 48.5 Å². The first kappa shape index (κ1) is 19.6. The minimum absolute atomic E-state index is 0.149. The molecular formula is C24H20FN3O2S. The molecule has 3 aromatic carbocycles. The van der Waals surface area contributed by atoms with Crippen molar-refractivity contribution in [2.75, 3.05) is 22.5 Å². The molecule has 5 rings (SSSR count). The molecule has 0 radical (unpaired) electrons. The van der Waals surface area contributed by atoms with Gasteiger partial charge in [0.05, 0.1) is 12.2 Å². The normalized spacial score (nSPS) is 19.7. The Morgan fingerprint density at radius 1 is 1.00 bits per heavy atom. The highest BCUT2D eigenvalue weighted by Gasteiger charge is 2.59. The predicted octanol–water partition coefficient (Wildman–Crippen LogP) is 4.81. The molecule has 1 saturated heterocycles. The van der Waals surface area contributed by atoms with Gasteiger partial charge in [-0.2, -0.15) is 0 Å². The van der Waals surface area contributed by atoms with Crippen molar-refractivity contribution >= 4 is 35.1 Å². The number of thioether (sulfide) groups is 1. The zero-order chi connectivity index (χ0) is 21.4. The number of fused-ring (bicyclic) bond motifs is 2. The lowest BCUT2D eigenvalue weighted by molar-refractivity contribution is -0.123. The number of anilines is 2. The fourth-order valence-electron chi connectivity index (χ4n) is 4.21. The van der Waals surface area contributed by atoms with Crippen molar-refractivity contribution in [3.05, 3.63) is 95.8 Å². The quantitative estimate of drug-likeness (QED) is 0.645. The summed E-state index contributed by atoms with van der Waals surface area (Å²) < 4.78 is 13.3. The van der Waals surface area contributed by atoms with E-state index in [-0.39, 0.29) is 17.8 Å². The van der Waals surface area contributed by atoms with Crippen LogP contribution in [-0.2, 0) is 16.2 Å². The lowest BCUT2D eigenvalue weighted by Crippen LogP contribution is -2.51. The first-order chi connectivity index (χ1) is 15.1. The molecule has 0 unspecified atom stereocenters. The van der Waals surface area contributed by atoms with Crippen LogP contribution < -0.4 is 10.2 Å². The molecule has 1 atom stereocenters. The fraction of sp³-hybridized carbons (Fsp3) is 0.167. The highest BCUT2D eigenvalue weighted by Crippen LogP contribution is 2.54. The summed E-state index contributed by atoms with van der Waals surface area (Å²) >= 11 is 1.48. The number of carbonyl (C=O) groups is 2. The third-order valence-corrected chi connectivity index (χ3v) is 7.04. The molecule has 3 aromatic rings. The predicted molar refractivity (Wildman–Crippen MR) is 120 cm³/mol. The van der Waals surface area contributed by atoms with Crippen molar-refractivity contribution < 1.29 is 14.0 Å². The standard InChI is InChI=1S/C24H20FN3O2S/c25-18-12-10-17(11-13-18)16-27-21-9-5-4-8-20(21)24(22(27)29)28(14-15-31-24)23(30)26-19-6-2-1-3-7-19/h1-13H,14-16H2,(H,26,30)/t24-/m0/s1. The molecule has 2 aliphatic rings. The van der Waals surface area contributed by atoms with E-state index in [9.17, 15) is 14.0 Å². The van der Waals surface area contributed by atoms with Crippen LogP contribution >= 0.6 is 11.8 Å². The molecule has 1 spiro atoms. The van der Waals surface area contributed by atoms with Gasteiger partial charge in [-0.25, -0.2) is 9.18 Å². The molecule has 2 heterocycles. The topological polar surface area (TPSA) is 52.7 Å².